The van der Waals surface area contributed by atoms with Crippen LogP contribution in [0.1, 0.15) is 61.6 Å². The van der Waals surface area contributed by atoms with Crippen LogP contribution in [0.5, 0.6) is 0 Å². The first-order chi connectivity index (χ1) is 10.3. The Kier molecular flexibility index (Phi) is 3.76. The molecular weight excluding hydrogens is 256 g/mol. The zero-order chi connectivity index (χ0) is 14.2. The van der Waals surface area contributed by atoms with Crippen LogP contribution in [0.2, 0.25) is 0 Å². The molecule has 0 saturated heterocycles. The molecule has 0 heterocycles. The van der Waals surface area contributed by atoms with E-state index in [1.165, 1.54) is 56.2 Å². The van der Waals surface area contributed by atoms with Crippen LogP contribution in [0, 0.1) is 17.8 Å². The van der Waals surface area contributed by atoms with Crippen LogP contribution in [0.3, 0.4) is 0 Å². The first-order valence-electron chi connectivity index (χ1n) is 8.88. The maximum Gasteiger partial charge on any atom is 0.0444 e. The van der Waals surface area contributed by atoms with Gasteiger partial charge >= 0.3 is 0 Å². The summed E-state index contributed by atoms with van der Waals surface area (Å²) in [7, 11) is 0. The van der Waals surface area contributed by atoms with Crippen LogP contribution >= 0.6 is 0 Å². The van der Waals surface area contributed by atoms with Gasteiger partial charge < -0.3 is 11.1 Å². The van der Waals surface area contributed by atoms with Gasteiger partial charge in [0.05, 0.1) is 0 Å². The molecule has 4 rings (SSSR count). The standard InChI is InChI=1S/C19H28N2/c20-11-19(17-3-1-2-16(10-17)13-4-5-13)21-12-18(14-6-7-14)15-8-9-15/h1-3,10,13-15,18-19,21H,4-9,11-12,20H2. The van der Waals surface area contributed by atoms with Crippen LogP contribution in [-0.2, 0) is 0 Å². The second kappa shape index (κ2) is 5.73. The predicted molar refractivity (Wildman–Crippen MR) is 87.2 cm³/mol. The average Bonchev–Trinajstić information content (AvgIpc) is 3.40. The molecule has 1 aromatic rings. The maximum absolute atomic E-state index is 6.05. The molecule has 0 spiro atoms. The fourth-order valence-electron chi connectivity index (χ4n) is 3.83. The zero-order valence-electron chi connectivity index (χ0n) is 12.9. The van der Waals surface area contributed by atoms with Gasteiger partial charge in [-0.05, 0) is 79.9 Å². The quantitative estimate of drug-likeness (QED) is 0.765. The van der Waals surface area contributed by atoms with E-state index in [9.17, 15) is 0 Å². The van der Waals surface area contributed by atoms with Crippen molar-refractivity contribution in [2.45, 2.75) is 50.5 Å². The molecule has 3 aliphatic rings. The van der Waals surface area contributed by atoms with E-state index in [1.807, 2.05) is 0 Å². The molecule has 0 radical (unpaired) electrons. The highest BCUT2D eigenvalue weighted by Gasteiger charge is 2.41. The van der Waals surface area contributed by atoms with Gasteiger partial charge in [-0.15, -0.1) is 0 Å². The summed E-state index contributed by atoms with van der Waals surface area (Å²) < 4.78 is 0. The third kappa shape index (κ3) is 3.32. The van der Waals surface area contributed by atoms with E-state index in [-0.39, 0.29) is 0 Å². The Hall–Kier alpha value is -0.860. The first kappa shape index (κ1) is 13.8. The third-order valence-corrected chi connectivity index (χ3v) is 5.65. The van der Waals surface area contributed by atoms with Crippen molar-refractivity contribution in [2.75, 3.05) is 13.1 Å². The molecule has 21 heavy (non-hydrogen) atoms. The molecule has 3 fully saturated rings. The van der Waals surface area contributed by atoms with Gasteiger partial charge in [0.25, 0.3) is 0 Å². The van der Waals surface area contributed by atoms with Crippen LogP contribution in [-0.4, -0.2) is 13.1 Å². The smallest absolute Gasteiger partial charge is 0.0444 e. The molecule has 0 bridgehead atoms. The Balaban J connectivity index is 1.40. The third-order valence-electron chi connectivity index (χ3n) is 5.65. The van der Waals surface area contributed by atoms with Gasteiger partial charge in [0, 0.05) is 12.6 Å². The Morgan fingerprint density at radius 2 is 1.76 bits per heavy atom. The molecule has 0 aromatic heterocycles. The molecule has 0 aliphatic heterocycles. The van der Waals surface area contributed by atoms with Crippen molar-refractivity contribution in [3.63, 3.8) is 0 Å². The van der Waals surface area contributed by atoms with Crippen LogP contribution < -0.4 is 11.1 Å². The van der Waals surface area contributed by atoms with Gasteiger partial charge in [0.2, 0.25) is 0 Å². The Bertz CT molecular complexity index is 474. The second-order valence-corrected chi connectivity index (χ2v) is 7.48. The van der Waals surface area contributed by atoms with Crippen LogP contribution in [0.25, 0.3) is 0 Å². The lowest BCUT2D eigenvalue weighted by Gasteiger charge is -2.23. The molecule has 114 valence electrons. The van der Waals surface area contributed by atoms with Crippen molar-refractivity contribution < 1.29 is 0 Å². The van der Waals surface area contributed by atoms with Crippen LogP contribution in [0.4, 0.5) is 0 Å². The molecule has 3 N–H and O–H groups in total. The normalized spacial score (nSPS) is 23.5. The van der Waals surface area contributed by atoms with Gasteiger partial charge in [-0.1, -0.05) is 24.3 Å². The monoisotopic (exact) mass is 284 g/mol. The van der Waals surface area contributed by atoms with Gasteiger partial charge in [0.15, 0.2) is 0 Å². The summed E-state index contributed by atoms with van der Waals surface area (Å²) in [5.74, 6) is 3.78. The fourth-order valence-corrected chi connectivity index (χ4v) is 3.83. The molecule has 1 unspecified atom stereocenters. The highest BCUT2D eigenvalue weighted by atomic mass is 14.9. The van der Waals surface area contributed by atoms with Crippen LogP contribution in [0.15, 0.2) is 24.3 Å². The number of nitrogens with two attached hydrogens (primary N) is 1. The van der Waals surface area contributed by atoms with Gasteiger partial charge in [-0.3, -0.25) is 0 Å². The van der Waals surface area contributed by atoms with Crippen molar-refractivity contribution in [1.29, 1.82) is 0 Å². The average molecular weight is 284 g/mol. The van der Waals surface area contributed by atoms with Crippen molar-refractivity contribution in [3.8, 4) is 0 Å². The fraction of sp³-hybridized carbons (Fsp3) is 0.684. The number of hydrogen-bond donors (Lipinski definition) is 2. The molecule has 0 amide bonds. The van der Waals surface area contributed by atoms with Crippen molar-refractivity contribution >= 4 is 0 Å². The maximum atomic E-state index is 6.05. The highest BCUT2D eigenvalue weighted by molar-refractivity contribution is 5.31. The van der Waals surface area contributed by atoms with Crippen molar-refractivity contribution in [3.05, 3.63) is 35.4 Å². The summed E-state index contributed by atoms with van der Waals surface area (Å²) in [6.07, 6.45) is 8.60. The summed E-state index contributed by atoms with van der Waals surface area (Å²) in [6.45, 7) is 1.88. The molecule has 3 saturated carbocycles. The van der Waals surface area contributed by atoms with E-state index >= 15 is 0 Å². The first-order valence-corrected chi connectivity index (χ1v) is 8.88. The minimum Gasteiger partial charge on any atom is -0.329 e. The minimum atomic E-state index is 0.337. The molecule has 1 atom stereocenters. The predicted octanol–water partition coefficient (Wildman–Crippen LogP) is 3.59. The summed E-state index contributed by atoms with van der Waals surface area (Å²) in [5.41, 5.74) is 8.97. The summed E-state index contributed by atoms with van der Waals surface area (Å²) in [5, 5.41) is 3.79. The molecule has 3 aliphatic carbocycles. The molecule has 2 heteroatoms. The van der Waals surface area contributed by atoms with Gasteiger partial charge in [-0.25, -0.2) is 0 Å². The van der Waals surface area contributed by atoms with E-state index in [1.54, 1.807) is 0 Å². The van der Waals surface area contributed by atoms with E-state index in [0.29, 0.717) is 12.6 Å². The number of hydrogen-bond acceptors (Lipinski definition) is 2. The topological polar surface area (TPSA) is 38.0 Å². The zero-order valence-corrected chi connectivity index (χ0v) is 12.9. The summed E-state index contributed by atoms with van der Waals surface area (Å²) >= 11 is 0. The van der Waals surface area contributed by atoms with E-state index in [0.717, 1.165) is 23.7 Å². The second-order valence-electron chi connectivity index (χ2n) is 7.48. The van der Waals surface area contributed by atoms with E-state index in [2.05, 4.69) is 29.6 Å². The molecular formula is C19H28N2. The summed E-state index contributed by atoms with van der Waals surface area (Å²) in [6, 6.07) is 9.48. The molecule has 1 aromatic carbocycles. The molecule has 2 nitrogen and oxygen atoms in total. The van der Waals surface area contributed by atoms with Crippen molar-refractivity contribution in [1.82, 2.24) is 5.32 Å². The highest BCUT2D eigenvalue weighted by Crippen LogP contribution is 2.49. The van der Waals surface area contributed by atoms with Gasteiger partial charge in [0.1, 0.15) is 0 Å². The van der Waals surface area contributed by atoms with Gasteiger partial charge in [-0.2, -0.15) is 0 Å². The Morgan fingerprint density at radius 1 is 1.05 bits per heavy atom. The summed E-state index contributed by atoms with van der Waals surface area (Å²) in [4.78, 5) is 0. The van der Waals surface area contributed by atoms with E-state index < -0.39 is 0 Å². The SMILES string of the molecule is NCC(NCC(C1CC1)C1CC1)c1cccc(C2CC2)c1. The lowest BCUT2D eigenvalue weighted by atomic mass is 9.96. The number of benzene rings is 1. The number of nitrogens with one attached hydrogen (secondary N) is 1. The van der Waals surface area contributed by atoms with Crippen molar-refractivity contribution in [2.24, 2.45) is 23.5 Å². The Labute approximate surface area is 128 Å². The number of rotatable bonds is 8. The Morgan fingerprint density at radius 3 is 2.33 bits per heavy atom. The lowest BCUT2D eigenvalue weighted by Crippen LogP contribution is -2.33. The largest absolute Gasteiger partial charge is 0.329 e. The van der Waals surface area contributed by atoms with E-state index in [4.69, 9.17) is 5.73 Å². The minimum absolute atomic E-state index is 0.337. The lowest BCUT2D eigenvalue weighted by molar-refractivity contribution is 0.357.